The predicted molar refractivity (Wildman–Crippen MR) is 100.0 cm³/mol. The minimum atomic E-state index is -0.621. The molecule has 1 atom stereocenters. The van der Waals surface area contributed by atoms with E-state index in [1.54, 1.807) is 0 Å². The number of nitrogens with zero attached hydrogens (tertiary/aromatic N) is 1. The van der Waals surface area contributed by atoms with Gasteiger partial charge in [0.25, 0.3) is 0 Å². The highest BCUT2D eigenvalue weighted by Gasteiger charge is 2.57. The second-order valence-corrected chi connectivity index (χ2v) is 9.96. The molecule has 5 fully saturated rings. The summed E-state index contributed by atoms with van der Waals surface area (Å²) in [6.07, 6.45) is 9.05. The Morgan fingerprint density at radius 1 is 1.04 bits per heavy atom. The molecule has 1 aromatic carbocycles. The predicted octanol–water partition coefficient (Wildman–Crippen LogP) is 3.89. The first-order valence-corrected chi connectivity index (χ1v) is 10.7. The summed E-state index contributed by atoms with van der Waals surface area (Å²) in [5.41, 5.74) is 0.929. The van der Waals surface area contributed by atoms with Gasteiger partial charge in [-0.2, -0.15) is 0 Å². The zero-order valence-electron chi connectivity index (χ0n) is 15.8. The van der Waals surface area contributed by atoms with Gasteiger partial charge in [-0.25, -0.2) is 4.79 Å². The van der Waals surface area contributed by atoms with Gasteiger partial charge in [-0.15, -0.1) is 0 Å². The molecule has 4 bridgehead atoms. The van der Waals surface area contributed by atoms with Crippen LogP contribution < -0.4 is 0 Å². The van der Waals surface area contributed by atoms with E-state index >= 15 is 0 Å². The van der Waals surface area contributed by atoms with Crippen molar-refractivity contribution >= 4 is 11.9 Å². The second kappa shape index (κ2) is 5.36. The minimum Gasteiger partial charge on any atom is -0.449 e. The molecule has 4 saturated carbocycles. The molecule has 2 aliphatic heterocycles. The summed E-state index contributed by atoms with van der Waals surface area (Å²) in [5.74, 6) is 2.44. The van der Waals surface area contributed by atoms with Crippen molar-refractivity contribution in [2.75, 3.05) is 13.1 Å². The Morgan fingerprint density at radius 2 is 1.70 bits per heavy atom. The molecule has 142 valence electrons. The number of amides is 1. The van der Waals surface area contributed by atoms with Crippen molar-refractivity contribution in [1.82, 2.24) is 4.90 Å². The molecule has 27 heavy (non-hydrogen) atoms. The van der Waals surface area contributed by atoms with Gasteiger partial charge < -0.3 is 9.64 Å². The lowest BCUT2D eigenvalue weighted by atomic mass is 9.49. The van der Waals surface area contributed by atoms with Crippen LogP contribution in [-0.4, -0.2) is 29.9 Å². The molecule has 4 nitrogen and oxygen atoms in total. The first kappa shape index (κ1) is 16.1. The van der Waals surface area contributed by atoms with E-state index < -0.39 is 5.60 Å². The minimum absolute atomic E-state index is 0.116. The van der Waals surface area contributed by atoms with Gasteiger partial charge in [0, 0.05) is 12.1 Å². The zero-order valence-corrected chi connectivity index (χ0v) is 15.8. The molecule has 0 N–H and O–H groups in total. The van der Waals surface area contributed by atoms with E-state index in [-0.39, 0.29) is 11.4 Å². The van der Waals surface area contributed by atoms with Crippen molar-refractivity contribution in [2.45, 2.75) is 57.0 Å². The summed E-state index contributed by atoms with van der Waals surface area (Å²) in [6.45, 7) is 1.35. The molecule has 6 aliphatic rings. The van der Waals surface area contributed by atoms with Crippen LogP contribution >= 0.6 is 0 Å². The molecule has 1 saturated heterocycles. The number of fused-ring (bicyclic) bond motifs is 2. The Balaban J connectivity index is 1.31. The summed E-state index contributed by atoms with van der Waals surface area (Å²) in [5, 5.41) is 0. The van der Waals surface area contributed by atoms with E-state index in [9.17, 15) is 9.59 Å². The van der Waals surface area contributed by atoms with Gasteiger partial charge in [0.05, 0.1) is 17.5 Å². The van der Waals surface area contributed by atoms with E-state index in [0.717, 1.165) is 62.0 Å². The molecule has 4 heteroatoms. The number of hydrogen-bond acceptors (Lipinski definition) is 3. The Kier molecular flexibility index (Phi) is 3.21. The average Bonchev–Trinajstić information content (AvgIpc) is 2.92. The lowest BCUT2D eigenvalue weighted by Crippen LogP contribution is -2.58. The van der Waals surface area contributed by atoms with Crippen molar-refractivity contribution in [3.8, 4) is 0 Å². The van der Waals surface area contributed by atoms with Crippen LogP contribution in [0.4, 0.5) is 0 Å². The number of carbonyl (C=O) groups is 2. The zero-order chi connectivity index (χ0) is 18.2. The summed E-state index contributed by atoms with van der Waals surface area (Å²) in [4.78, 5) is 28.2. The lowest BCUT2D eigenvalue weighted by Gasteiger charge is -2.57. The van der Waals surface area contributed by atoms with E-state index in [0.29, 0.717) is 18.0 Å². The molecular formula is C23H27NO3. The maximum atomic E-state index is 13.8. The Hall–Kier alpha value is -1.84. The summed E-state index contributed by atoms with van der Waals surface area (Å²) in [6, 6.07) is 7.73. The number of piperidine rings is 1. The van der Waals surface area contributed by atoms with Crippen molar-refractivity contribution < 1.29 is 14.3 Å². The molecule has 2 heterocycles. The quantitative estimate of drug-likeness (QED) is 0.709. The first-order valence-electron chi connectivity index (χ1n) is 10.7. The van der Waals surface area contributed by atoms with Gasteiger partial charge in [0.1, 0.15) is 0 Å². The van der Waals surface area contributed by atoms with Gasteiger partial charge in [0.15, 0.2) is 5.60 Å². The van der Waals surface area contributed by atoms with Gasteiger partial charge in [-0.05, 0) is 75.2 Å². The fraction of sp³-hybridized carbons (Fsp3) is 0.652. The van der Waals surface area contributed by atoms with Gasteiger partial charge in [-0.3, -0.25) is 4.79 Å². The van der Waals surface area contributed by atoms with Crippen LogP contribution in [0.1, 0.15) is 67.3 Å². The molecule has 1 unspecified atom stereocenters. The van der Waals surface area contributed by atoms with Crippen LogP contribution in [0.25, 0.3) is 0 Å². The largest absolute Gasteiger partial charge is 0.449 e. The maximum absolute atomic E-state index is 13.8. The third-order valence-electron chi connectivity index (χ3n) is 8.16. The molecule has 0 aromatic heterocycles. The summed E-state index contributed by atoms with van der Waals surface area (Å²) < 4.78 is 5.93. The number of likely N-dealkylation sites (tertiary alicyclic amines) is 1. The van der Waals surface area contributed by atoms with E-state index in [1.165, 1.54) is 19.3 Å². The van der Waals surface area contributed by atoms with Crippen LogP contribution in [0.5, 0.6) is 0 Å². The normalized spacial score (nSPS) is 41.7. The van der Waals surface area contributed by atoms with Gasteiger partial charge >= 0.3 is 5.97 Å². The number of esters is 1. The van der Waals surface area contributed by atoms with Crippen molar-refractivity contribution in [3.63, 3.8) is 0 Å². The second-order valence-electron chi connectivity index (χ2n) is 9.96. The molecule has 1 spiro atoms. The van der Waals surface area contributed by atoms with Crippen LogP contribution in [0.15, 0.2) is 24.3 Å². The number of carbonyl (C=O) groups excluding carboxylic acids is 2. The van der Waals surface area contributed by atoms with Gasteiger partial charge in [-0.1, -0.05) is 18.2 Å². The monoisotopic (exact) mass is 365 g/mol. The third kappa shape index (κ3) is 2.22. The summed E-state index contributed by atoms with van der Waals surface area (Å²) >= 11 is 0. The SMILES string of the molecule is O=C1OC2(CCCN(C(=O)C34CC5CC(CC(C5)C3)C4)C2)c2ccccc21. The fourth-order valence-electron chi connectivity index (χ4n) is 7.55. The Bertz CT molecular complexity index is 795. The Labute approximate surface area is 160 Å². The van der Waals surface area contributed by atoms with Gasteiger partial charge in [0.2, 0.25) is 5.91 Å². The highest BCUT2D eigenvalue weighted by Crippen LogP contribution is 2.61. The fourth-order valence-corrected chi connectivity index (χ4v) is 7.55. The number of rotatable bonds is 1. The average molecular weight is 365 g/mol. The number of benzene rings is 1. The van der Waals surface area contributed by atoms with Crippen LogP contribution in [0, 0.1) is 23.2 Å². The first-order chi connectivity index (χ1) is 13.1. The highest BCUT2D eigenvalue weighted by atomic mass is 16.6. The third-order valence-corrected chi connectivity index (χ3v) is 8.16. The topological polar surface area (TPSA) is 46.6 Å². The van der Waals surface area contributed by atoms with Crippen LogP contribution in [-0.2, 0) is 15.1 Å². The van der Waals surface area contributed by atoms with E-state index in [1.807, 2.05) is 24.3 Å². The number of hydrogen-bond donors (Lipinski definition) is 0. The molecule has 1 aromatic rings. The maximum Gasteiger partial charge on any atom is 0.339 e. The van der Waals surface area contributed by atoms with Crippen molar-refractivity contribution in [1.29, 1.82) is 0 Å². The van der Waals surface area contributed by atoms with E-state index in [2.05, 4.69) is 4.90 Å². The smallest absolute Gasteiger partial charge is 0.339 e. The molecule has 0 radical (unpaired) electrons. The van der Waals surface area contributed by atoms with Crippen molar-refractivity contribution in [2.24, 2.45) is 23.2 Å². The molecular weight excluding hydrogens is 338 g/mol. The highest BCUT2D eigenvalue weighted by molar-refractivity contribution is 5.95. The molecule has 4 aliphatic carbocycles. The molecule has 7 rings (SSSR count). The van der Waals surface area contributed by atoms with Crippen LogP contribution in [0.2, 0.25) is 0 Å². The standard InChI is InChI=1S/C23H27NO3/c25-20-18-4-1-2-5-19(18)23(27-20)6-3-7-24(14-23)21(26)22-11-15-8-16(12-22)10-17(9-15)13-22/h1-2,4-5,15-17H,3,6-14H2. The van der Waals surface area contributed by atoms with E-state index in [4.69, 9.17) is 4.74 Å². The van der Waals surface area contributed by atoms with Crippen molar-refractivity contribution in [3.05, 3.63) is 35.4 Å². The van der Waals surface area contributed by atoms with Crippen LogP contribution in [0.3, 0.4) is 0 Å². The molecule has 1 amide bonds. The number of ether oxygens (including phenoxy) is 1. The lowest BCUT2D eigenvalue weighted by molar-refractivity contribution is -0.164. The summed E-state index contributed by atoms with van der Waals surface area (Å²) in [7, 11) is 0. The Morgan fingerprint density at radius 3 is 2.41 bits per heavy atom.